The number of piperidine rings is 1. The van der Waals surface area contributed by atoms with E-state index in [1.54, 1.807) is 4.68 Å². The highest BCUT2D eigenvalue weighted by molar-refractivity contribution is 5.93. The van der Waals surface area contributed by atoms with E-state index >= 15 is 0 Å². The molecular weight excluding hydrogens is 407 g/mol. The first-order valence-electron chi connectivity index (χ1n) is 10.2. The number of carbonyl (C=O) groups is 1. The number of amides is 1. The Balaban J connectivity index is 1.36. The maximum absolute atomic E-state index is 12.9. The third-order valence-corrected chi connectivity index (χ3v) is 5.72. The minimum atomic E-state index is -4.40. The van der Waals surface area contributed by atoms with E-state index in [1.165, 1.54) is 6.07 Å². The molecule has 9 heteroatoms. The number of nitrogens with zero attached hydrogens (tertiary/aromatic N) is 4. The first-order valence-corrected chi connectivity index (χ1v) is 10.2. The third-order valence-electron chi connectivity index (χ3n) is 5.72. The van der Waals surface area contributed by atoms with Crippen LogP contribution < -0.4 is 5.32 Å². The van der Waals surface area contributed by atoms with Gasteiger partial charge in [-0.2, -0.15) is 13.2 Å². The van der Waals surface area contributed by atoms with Gasteiger partial charge < -0.3 is 5.32 Å². The average Bonchev–Trinajstić information content (AvgIpc) is 3.13. The molecular formula is C22H24F3N5O. The van der Waals surface area contributed by atoms with Crippen LogP contribution in [0.5, 0.6) is 0 Å². The van der Waals surface area contributed by atoms with Crippen molar-refractivity contribution in [2.24, 2.45) is 0 Å². The summed E-state index contributed by atoms with van der Waals surface area (Å²) < 4.78 is 40.4. The summed E-state index contributed by atoms with van der Waals surface area (Å²) >= 11 is 0. The highest BCUT2D eigenvalue weighted by Crippen LogP contribution is 2.32. The van der Waals surface area contributed by atoms with Gasteiger partial charge in [0, 0.05) is 18.8 Å². The van der Waals surface area contributed by atoms with E-state index in [-0.39, 0.29) is 17.5 Å². The van der Waals surface area contributed by atoms with Crippen molar-refractivity contribution < 1.29 is 18.0 Å². The van der Waals surface area contributed by atoms with Gasteiger partial charge in [-0.25, -0.2) is 4.68 Å². The van der Waals surface area contributed by atoms with Crippen LogP contribution in [-0.2, 0) is 11.0 Å². The number of hydrogen-bond donors (Lipinski definition) is 1. The summed E-state index contributed by atoms with van der Waals surface area (Å²) in [5.74, 6) is -0.0590. The lowest BCUT2D eigenvalue weighted by molar-refractivity contribution is -0.137. The topological polar surface area (TPSA) is 63.1 Å². The first-order chi connectivity index (χ1) is 14.7. The molecule has 31 heavy (non-hydrogen) atoms. The second-order valence-corrected chi connectivity index (χ2v) is 8.11. The summed E-state index contributed by atoms with van der Waals surface area (Å²) in [5, 5.41) is 11.0. The third kappa shape index (κ3) is 4.71. The Labute approximate surface area is 178 Å². The number of rotatable bonds is 4. The van der Waals surface area contributed by atoms with Crippen molar-refractivity contribution in [2.75, 3.05) is 25.0 Å². The Morgan fingerprint density at radius 2 is 1.87 bits per heavy atom. The van der Waals surface area contributed by atoms with Gasteiger partial charge >= 0.3 is 6.18 Å². The molecule has 1 amide bonds. The molecule has 1 aliphatic heterocycles. The molecule has 0 atom stereocenters. The fraction of sp³-hybridized carbons (Fsp3) is 0.409. The molecule has 1 saturated heterocycles. The molecule has 1 fully saturated rings. The number of alkyl halides is 3. The van der Waals surface area contributed by atoms with Crippen LogP contribution in [0.3, 0.4) is 0 Å². The Kier molecular flexibility index (Phi) is 5.70. The number of hydrogen-bond acceptors (Lipinski definition) is 4. The molecule has 1 N–H and O–H groups in total. The number of nitrogens with one attached hydrogen (secondary N) is 1. The molecule has 0 aliphatic carbocycles. The SMILES string of the molecule is Cc1ccc(NC(=O)CN2CCC(n3nnc4cc(C(F)(F)F)ccc43)CC2)c(C)c1. The summed E-state index contributed by atoms with van der Waals surface area (Å²) in [6, 6.07) is 9.48. The molecule has 0 saturated carbocycles. The van der Waals surface area contributed by atoms with Crippen LogP contribution >= 0.6 is 0 Å². The number of likely N-dealkylation sites (tertiary alicyclic amines) is 1. The second kappa shape index (κ2) is 8.30. The van der Waals surface area contributed by atoms with E-state index in [2.05, 4.69) is 20.5 Å². The van der Waals surface area contributed by atoms with Gasteiger partial charge in [0.05, 0.1) is 23.7 Å². The molecule has 2 heterocycles. The minimum absolute atomic E-state index is 0.0420. The van der Waals surface area contributed by atoms with Crippen LogP contribution in [-0.4, -0.2) is 45.4 Å². The normalized spacial score (nSPS) is 16.0. The standard InChI is InChI=1S/C22H24F3N5O/c1-14-3-5-18(15(2)11-14)26-21(31)13-29-9-7-17(8-10-29)30-20-6-4-16(22(23,24)25)12-19(20)27-28-30/h3-6,11-12,17H,7-10,13H2,1-2H3,(H,26,31). The highest BCUT2D eigenvalue weighted by atomic mass is 19.4. The van der Waals surface area contributed by atoms with E-state index in [9.17, 15) is 18.0 Å². The van der Waals surface area contributed by atoms with Crippen molar-refractivity contribution in [3.8, 4) is 0 Å². The van der Waals surface area contributed by atoms with Gasteiger partial charge in [0.2, 0.25) is 5.91 Å². The predicted molar refractivity (Wildman–Crippen MR) is 112 cm³/mol. The lowest BCUT2D eigenvalue weighted by atomic mass is 10.0. The maximum Gasteiger partial charge on any atom is 0.416 e. The van der Waals surface area contributed by atoms with Gasteiger partial charge in [-0.3, -0.25) is 9.69 Å². The molecule has 6 nitrogen and oxygen atoms in total. The number of anilines is 1. The molecule has 0 radical (unpaired) electrons. The second-order valence-electron chi connectivity index (χ2n) is 8.11. The summed E-state index contributed by atoms with van der Waals surface area (Å²) in [4.78, 5) is 14.5. The molecule has 0 spiro atoms. The summed E-state index contributed by atoms with van der Waals surface area (Å²) in [5.41, 5.74) is 3.10. The van der Waals surface area contributed by atoms with Crippen molar-refractivity contribution in [3.05, 3.63) is 53.1 Å². The zero-order valence-electron chi connectivity index (χ0n) is 17.4. The Morgan fingerprint density at radius 1 is 1.13 bits per heavy atom. The van der Waals surface area contributed by atoms with Gasteiger partial charge in [0.25, 0.3) is 0 Å². The lowest BCUT2D eigenvalue weighted by Gasteiger charge is -2.31. The fourth-order valence-corrected chi connectivity index (χ4v) is 4.06. The number of benzene rings is 2. The molecule has 2 aromatic carbocycles. The van der Waals surface area contributed by atoms with Gasteiger partial charge in [-0.1, -0.05) is 22.9 Å². The van der Waals surface area contributed by atoms with E-state index in [4.69, 9.17) is 0 Å². The zero-order chi connectivity index (χ0) is 22.2. The first kappa shape index (κ1) is 21.3. The van der Waals surface area contributed by atoms with Gasteiger partial charge in [0.15, 0.2) is 0 Å². The fourth-order valence-electron chi connectivity index (χ4n) is 4.06. The van der Waals surface area contributed by atoms with Gasteiger partial charge in [0.1, 0.15) is 5.52 Å². The summed E-state index contributed by atoms with van der Waals surface area (Å²) in [6.45, 7) is 5.68. The van der Waals surface area contributed by atoms with Crippen LogP contribution in [0, 0.1) is 13.8 Å². The van der Waals surface area contributed by atoms with E-state index in [0.29, 0.717) is 25.2 Å². The maximum atomic E-state index is 12.9. The van der Waals surface area contributed by atoms with Crippen LogP contribution in [0.4, 0.5) is 18.9 Å². The van der Waals surface area contributed by atoms with Crippen LogP contribution in [0.1, 0.15) is 35.6 Å². The smallest absolute Gasteiger partial charge is 0.325 e. The monoisotopic (exact) mass is 431 g/mol. The zero-order valence-corrected chi connectivity index (χ0v) is 17.4. The molecule has 164 valence electrons. The highest BCUT2D eigenvalue weighted by Gasteiger charge is 2.31. The minimum Gasteiger partial charge on any atom is -0.325 e. The van der Waals surface area contributed by atoms with Crippen molar-refractivity contribution >= 4 is 22.6 Å². The van der Waals surface area contributed by atoms with Crippen molar-refractivity contribution in [1.82, 2.24) is 19.9 Å². The Hall–Kier alpha value is -2.94. The summed E-state index contributed by atoms with van der Waals surface area (Å²) in [7, 11) is 0. The van der Waals surface area contributed by atoms with E-state index < -0.39 is 11.7 Å². The lowest BCUT2D eigenvalue weighted by Crippen LogP contribution is -2.40. The van der Waals surface area contributed by atoms with Gasteiger partial charge in [-0.15, -0.1) is 5.10 Å². The molecule has 1 aliphatic rings. The van der Waals surface area contributed by atoms with Crippen LogP contribution in [0.2, 0.25) is 0 Å². The molecule has 3 aromatic rings. The quantitative estimate of drug-likeness (QED) is 0.668. The van der Waals surface area contributed by atoms with E-state index in [0.717, 1.165) is 41.8 Å². The predicted octanol–water partition coefficient (Wildman–Crippen LogP) is 4.34. The Bertz CT molecular complexity index is 1100. The number of aryl methyl sites for hydroxylation is 2. The van der Waals surface area contributed by atoms with Gasteiger partial charge in [-0.05, 0) is 56.5 Å². The van der Waals surface area contributed by atoms with Crippen LogP contribution in [0.15, 0.2) is 36.4 Å². The van der Waals surface area contributed by atoms with Crippen LogP contribution in [0.25, 0.3) is 11.0 Å². The number of halogens is 3. The molecule has 4 rings (SSSR count). The largest absolute Gasteiger partial charge is 0.416 e. The molecule has 0 unspecified atom stereocenters. The number of aromatic nitrogens is 3. The molecule has 0 bridgehead atoms. The van der Waals surface area contributed by atoms with Crippen molar-refractivity contribution in [3.63, 3.8) is 0 Å². The van der Waals surface area contributed by atoms with Crippen molar-refractivity contribution in [2.45, 2.75) is 38.9 Å². The number of fused-ring (bicyclic) bond motifs is 1. The van der Waals surface area contributed by atoms with Crippen molar-refractivity contribution in [1.29, 1.82) is 0 Å². The average molecular weight is 431 g/mol. The Morgan fingerprint density at radius 3 is 2.55 bits per heavy atom. The van der Waals surface area contributed by atoms with E-state index in [1.807, 2.05) is 32.0 Å². The molecule has 1 aromatic heterocycles. The number of carbonyl (C=O) groups excluding carboxylic acids is 1. The summed E-state index contributed by atoms with van der Waals surface area (Å²) in [6.07, 6.45) is -2.91.